The van der Waals surface area contributed by atoms with Crippen LogP contribution in [-0.4, -0.2) is 49.1 Å². The van der Waals surface area contributed by atoms with Crippen molar-refractivity contribution >= 4 is 17.7 Å². The Bertz CT molecular complexity index is 691. The highest BCUT2D eigenvalue weighted by Gasteiger charge is 2.24. The van der Waals surface area contributed by atoms with E-state index in [1.807, 2.05) is 43.9 Å². The Morgan fingerprint density at radius 3 is 2.52 bits per heavy atom. The zero-order valence-electron chi connectivity index (χ0n) is 13.7. The van der Waals surface area contributed by atoms with E-state index in [0.29, 0.717) is 5.82 Å². The summed E-state index contributed by atoms with van der Waals surface area (Å²) in [6, 6.07) is 5.79. The van der Waals surface area contributed by atoms with Crippen LogP contribution in [0.3, 0.4) is 0 Å². The number of aryl methyl sites for hydroxylation is 2. The molecule has 122 valence electrons. The third-order valence-electron chi connectivity index (χ3n) is 3.92. The lowest BCUT2D eigenvalue weighted by atomic mass is 10.4. The van der Waals surface area contributed by atoms with Crippen LogP contribution in [0.1, 0.15) is 31.2 Å². The molecule has 0 aromatic carbocycles. The first-order valence-corrected chi connectivity index (χ1v) is 8.75. The minimum atomic E-state index is -0.137. The van der Waals surface area contributed by atoms with Crippen molar-refractivity contribution in [3.63, 3.8) is 0 Å². The van der Waals surface area contributed by atoms with Gasteiger partial charge in [0.2, 0.25) is 5.91 Å². The van der Waals surface area contributed by atoms with Gasteiger partial charge in [0.1, 0.15) is 5.03 Å². The van der Waals surface area contributed by atoms with Crippen LogP contribution in [-0.2, 0) is 4.79 Å². The van der Waals surface area contributed by atoms with Gasteiger partial charge in [0, 0.05) is 18.8 Å². The molecule has 3 heterocycles. The Morgan fingerprint density at radius 1 is 1.22 bits per heavy atom. The molecule has 0 saturated carbocycles. The minimum Gasteiger partial charge on any atom is -0.342 e. The molecule has 3 rings (SSSR count). The Morgan fingerprint density at radius 2 is 1.96 bits per heavy atom. The van der Waals surface area contributed by atoms with E-state index in [1.54, 1.807) is 4.68 Å². The average Bonchev–Trinajstić information content (AvgIpc) is 3.17. The number of carbonyl (C=O) groups excluding carboxylic acids is 1. The average molecular weight is 331 g/mol. The lowest BCUT2D eigenvalue weighted by Crippen LogP contribution is -2.34. The quantitative estimate of drug-likeness (QED) is 0.805. The summed E-state index contributed by atoms with van der Waals surface area (Å²) >= 11 is 1.46. The SMILES string of the molecule is Cc1cc(C)n(-c2ccc(SC(C)C(=O)N3CCCC3)nn2)n1. The second-order valence-electron chi connectivity index (χ2n) is 5.86. The highest BCUT2D eigenvalue weighted by atomic mass is 32.2. The van der Waals surface area contributed by atoms with E-state index in [9.17, 15) is 4.79 Å². The van der Waals surface area contributed by atoms with Crippen LogP contribution in [0.25, 0.3) is 5.82 Å². The summed E-state index contributed by atoms with van der Waals surface area (Å²) in [7, 11) is 0. The largest absolute Gasteiger partial charge is 0.342 e. The fourth-order valence-electron chi connectivity index (χ4n) is 2.78. The monoisotopic (exact) mass is 331 g/mol. The van der Waals surface area contributed by atoms with Crippen LogP contribution in [0.2, 0.25) is 0 Å². The minimum absolute atomic E-state index is 0.137. The standard InChI is InChI=1S/C16H21N5OS/c1-11-10-12(2)21(19-11)14-6-7-15(18-17-14)23-13(3)16(22)20-8-4-5-9-20/h6-7,10,13H,4-5,8-9H2,1-3H3. The summed E-state index contributed by atoms with van der Waals surface area (Å²) in [4.78, 5) is 14.3. The number of nitrogens with zero attached hydrogens (tertiary/aromatic N) is 5. The van der Waals surface area contributed by atoms with Gasteiger partial charge in [-0.15, -0.1) is 10.2 Å². The molecule has 0 radical (unpaired) electrons. The van der Waals surface area contributed by atoms with Crippen molar-refractivity contribution in [2.45, 2.75) is 43.9 Å². The predicted molar refractivity (Wildman–Crippen MR) is 89.8 cm³/mol. The Balaban J connectivity index is 1.67. The van der Waals surface area contributed by atoms with E-state index < -0.39 is 0 Å². The first kappa shape index (κ1) is 16.0. The summed E-state index contributed by atoms with van der Waals surface area (Å²) in [5.41, 5.74) is 1.97. The molecule has 0 aliphatic carbocycles. The van der Waals surface area contributed by atoms with Crippen molar-refractivity contribution in [2.75, 3.05) is 13.1 Å². The molecule has 2 aromatic rings. The number of carbonyl (C=O) groups is 1. The highest BCUT2D eigenvalue weighted by molar-refractivity contribution is 8.00. The smallest absolute Gasteiger partial charge is 0.235 e. The molecular weight excluding hydrogens is 310 g/mol. The molecule has 0 bridgehead atoms. The molecule has 1 fully saturated rings. The molecule has 1 unspecified atom stereocenters. The van der Waals surface area contributed by atoms with Gasteiger partial charge in [-0.05, 0) is 51.8 Å². The van der Waals surface area contributed by atoms with Crippen molar-refractivity contribution in [2.24, 2.45) is 0 Å². The highest BCUT2D eigenvalue weighted by Crippen LogP contribution is 2.24. The zero-order valence-corrected chi connectivity index (χ0v) is 14.5. The fraction of sp³-hybridized carbons (Fsp3) is 0.500. The van der Waals surface area contributed by atoms with Gasteiger partial charge in [-0.1, -0.05) is 11.8 Å². The molecular formula is C16H21N5OS. The van der Waals surface area contributed by atoms with Gasteiger partial charge in [-0.3, -0.25) is 4.79 Å². The van der Waals surface area contributed by atoms with Gasteiger partial charge in [-0.25, -0.2) is 4.68 Å². The molecule has 2 aromatic heterocycles. The zero-order chi connectivity index (χ0) is 16.4. The topological polar surface area (TPSA) is 63.9 Å². The van der Waals surface area contributed by atoms with E-state index in [0.717, 1.165) is 42.3 Å². The number of hydrogen-bond acceptors (Lipinski definition) is 5. The molecule has 0 spiro atoms. The van der Waals surface area contributed by atoms with Crippen LogP contribution in [0.4, 0.5) is 0 Å². The second kappa shape index (κ2) is 6.70. The summed E-state index contributed by atoms with van der Waals surface area (Å²) in [6.07, 6.45) is 2.22. The van der Waals surface area contributed by atoms with Gasteiger partial charge in [0.15, 0.2) is 5.82 Å². The maximum Gasteiger partial charge on any atom is 0.235 e. The van der Waals surface area contributed by atoms with Gasteiger partial charge < -0.3 is 4.90 Å². The van der Waals surface area contributed by atoms with Gasteiger partial charge in [-0.2, -0.15) is 5.10 Å². The van der Waals surface area contributed by atoms with Crippen LogP contribution in [0.5, 0.6) is 0 Å². The summed E-state index contributed by atoms with van der Waals surface area (Å²) < 4.78 is 1.77. The van der Waals surface area contributed by atoms with Crippen LogP contribution in [0, 0.1) is 13.8 Å². The van der Waals surface area contributed by atoms with E-state index >= 15 is 0 Å². The van der Waals surface area contributed by atoms with Crippen molar-refractivity contribution in [3.8, 4) is 5.82 Å². The molecule has 6 nitrogen and oxygen atoms in total. The summed E-state index contributed by atoms with van der Waals surface area (Å²) in [5, 5.41) is 13.5. The molecule has 1 amide bonds. The number of rotatable bonds is 4. The van der Waals surface area contributed by atoms with Gasteiger partial charge >= 0.3 is 0 Å². The van der Waals surface area contributed by atoms with Crippen LogP contribution < -0.4 is 0 Å². The molecule has 1 atom stereocenters. The third kappa shape index (κ3) is 3.55. The Hall–Kier alpha value is -1.89. The second-order valence-corrected chi connectivity index (χ2v) is 7.22. The third-order valence-corrected chi connectivity index (χ3v) is 4.93. The van der Waals surface area contributed by atoms with E-state index in [-0.39, 0.29) is 11.2 Å². The van der Waals surface area contributed by atoms with Crippen molar-refractivity contribution in [3.05, 3.63) is 29.6 Å². The summed E-state index contributed by atoms with van der Waals surface area (Å²) in [6.45, 7) is 7.63. The summed E-state index contributed by atoms with van der Waals surface area (Å²) in [5.74, 6) is 0.885. The normalized spacial score (nSPS) is 15.9. The van der Waals surface area contributed by atoms with Crippen molar-refractivity contribution in [1.29, 1.82) is 0 Å². The number of amides is 1. The van der Waals surface area contributed by atoms with Gasteiger partial charge in [0.05, 0.1) is 10.9 Å². The maximum atomic E-state index is 12.3. The van der Waals surface area contributed by atoms with E-state index in [4.69, 9.17) is 0 Å². The number of likely N-dealkylation sites (tertiary alicyclic amines) is 1. The molecule has 7 heteroatoms. The maximum absolute atomic E-state index is 12.3. The number of thioether (sulfide) groups is 1. The van der Waals surface area contributed by atoms with Gasteiger partial charge in [0.25, 0.3) is 0 Å². The predicted octanol–water partition coefficient (Wildman–Crippen LogP) is 2.38. The molecule has 1 aliphatic rings. The van der Waals surface area contributed by atoms with Crippen molar-refractivity contribution in [1.82, 2.24) is 24.9 Å². The van der Waals surface area contributed by atoms with Crippen molar-refractivity contribution < 1.29 is 4.79 Å². The van der Waals surface area contributed by atoms with E-state index in [1.165, 1.54) is 11.8 Å². The Kier molecular flexibility index (Phi) is 4.66. The Labute approximate surface area is 140 Å². The molecule has 23 heavy (non-hydrogen) atoms. The first-order chi connectivity index (χ1) is 11.0. The fourth-order valence-corrected chi connectivity index (χ4v) is 3.62. The molecule has 1 saturated heterocycles. The lowest BCUT2D eigenvalue weighted by Gasteiger charge is -2.19. The van der Waals surface area contributed by atoms with Crippen LogP contribution in [0.15, 0.2) is 23.2 Å². The molecule has 0 N–H and O–H groups in total. The van der Waals surface area contributed by atoms with E-state index in [2.05, 4.69) is 15.3 Å². The molecule has 1 aliphatic heterocycles. The van der Waals surface area contributed by atoms with Crippen LogP contribution >= 0.6 is 11.8 Å². The first-order valence-electron chi connectivity index (χ1n) is 7.87. The number of aromatic nitrogens is 4. The lowest BCUT2D eigenvalue weighted by molar-refractivity contribution is -0.129. The number of hydrogen-bond donors (Lipinski definition) is 0.